The van der Waals surface area contributed by atoms with E-state index in [-0.39, 0.29) is 0 Å². The number of hydrogen-bond acceptors (Lipinski definition) is 5. The predicted octanol–water partition coefficient (Wildman–Crippen LogP) is -1.30. The Hall–Kier alpha value is -1.15. The summed E-state index contributed by atoms with van der Waals surface area (Å²) in [6.45, 7) is 1.13. The molecule has 0 aliphatic carbocycles. The van der Waals surface area contributed by atoms with E-state index in [1.165, 1.54) is 13.1 Å². The van der Waals surface area contributed by atoms with Crippen LogP contribution in [0.25, 0.3) is 0 Å². The van der Waals surface area contributed by atoms with Crippen LogP contribution in [0, 0.1) is 6.92 Å². The van der Waals surface area contributed by atoms with E-state index in [0.717, 1.165) is 4.57 Å². The maximum Gasteiger partial charge on any atom is 0.330 e. The molecular weight excluding hydrogens is 264 g/mol. The molecule has 2 heterocycles. The van der Waals surface area contributed by atoms with E-state index in [4.69, 9.17) is 21.4 Å². The number of aryl methyl sites for hydroxylation is 1. The summed E-state index contributed by atoms with van der Waals surface area (Å²) in [7, 11) is 0. The van der Waals surface area contributed by atoms with Crippen molar-refractivity contribution in [3.05, 3.63) is 32.6 Å². The van der Waals surface area contributed by atoms with Gasteiger partial charge in [0.1, 0.15) is 17.6 Å². The lowest BCUT2D eigenvalue weighted by Crippen LogP contribution is -2.36. The quantitative estimate of drug-likeness (QED) is 0.583. The van der Waals surface area contributed by atoms with Crippen molar-refractivity contribution in [1.82, 2.24) is 9.55 Å². The fourth-order valence-corrected chi connectivity index (χ4v) is 2.20. The molecule has 3 N–H and O–H groups in total. The summed E-state index contributed by atoms with van der Waals surface area (Å²) < 4.78 is 6.41. The normalized spacial score (nSPS) is 31.8. The summed E-state index contributed by atoms with van der Waals surface area (Å²) in [6, 6.07) is 0. The van der Waals surface area contributed by atoms with Gasteiger partial charge in [-0.1, -0.05) is 0 Å². The Morgan fingerprint density at radius 2 is 2.22 bits per heavy atom. The smallest absolute Gasteiger partial charge is 0.330 e. The molecule has 1 aromatic heterocycles. The number of aromatic nitrogens is 2. The molecule has 1 saturated heterocycles. The zero-order chi connectivity index (χ0) is 13.4. The lowest BCUT2D eigenvalue weighted by Gasteiger charge is -2.16. The molecule has 4 atom stereocenters. The van der Waals surface area contributed by atoms with Gasteiger partial charge in [-0.05, 0) is 6.92 Å². The van der Waals surface area contributed by atoms with Gasteiger partial charge in [0, 0.05) is 11.8 Å². The van der Waals surface area contributed by atoms with Crippen LogP contribution in [0.1, 0.15) is 11.8 Å². The second-order valence-corrected chi connectivity index (χ2v) is 4.67. The van der Waals surface area contributed by atoms with Crippen molar-refractivity contribution in [3.8, 4) is 0 Å². The van der Waals surface area contributed by atoms with Gasteiger partial charge in [-0.2, -0.15) is 0 Å². The molecule has 1 aliphatic rings. The first-order valence-corrected chi connectivity index (χ1v) is 5.80. The third-order valence-corrected chi connectivity index (χ3v) is 3.37. The first kappa shape index (κ1) is 13.3. The standard InChI is InChI=1S/C10H13ClN2O5/c1-4-2-13(10(17)12-8(4)16)9-6(11)7(15)5(3-14)18-9/h2,5-7,9,14-15H,3H2,1H3,(H,12,16,17)/t5-,6+,7-,9-/m0/s1. The number of nitrogens with one attached hydrogen (secondary N) is 1. The topological polar surface area (TPSA) is 105 Å². The highest BCUT2D eigenvalue weighted by molar-refractivity contribution is 6.21. The number of aliphatic hydroxyl groups excluding tert-OH is 2. The molecule has 8 heteroatoms. The molecule has 1 fully saturated rings. The number of halogens is 1. The number of aliphatic hydroxyl groups is 2. The molecule has 1 aromatic rings. The lowest BCUT2D eigenvalue weighted by molar-refractivity contribution is -0.0458. The van der Waals surface area contributed by atoms with Crippen LogP contribution in [-0.2, 0) is 4.74 Å². The van der Waals surface area contributed by atoms with Crippen molar-refractivity contribution in [2.24, 2.45) is 0 Å². The highest BCUT2D eigenvalue weighted by Crippen LogP contribution is 2.32. The molecule has 1 aliphatic heterocycles. The number of H-pyrrole nitrogens is 1. The fourth-order valence-electron chi connectivity index (χ4n) is 1.85. The molecular formula is C10H13ClN2O5. The molecule has 0 amide bonds. The van der Waals surface area contributed by atoms with Crippen molar-refractivity contribution in [2.45, 2.75) is 30.7 Å². The van der Waals surface area contributed by atoms with Gasteiger partial charge in [-0.3, -0.25) is 14.3 Å². The number of nitrogens with zero attached hydrogens (tertiary/aromatic N) is 1. The molecule has 0 spiro atoms. The van der Waals surface area contributed by atoms with Crippen LogP contribution in [0.3, 0.4) is 0 Å². The third-order valence-electron chi connectivity index (χ3n) is 2.89. The Bertz CT molecular complexity index is 554. The van der Waals surface area contributed by atoms with Crippen molar-refractivity contribution in [3.63, 3.8) is 0 Å². The maximum atomic E-state index is 11.7. The average molecular weight is 277 g/mol. The van der Waals surface area contributed by atoms with Crippen molar-refractivity contribution < 1.29 is 14.9 Å². The second-order valence-electron chi connectivity index (χ2n) is 4.16. The van der Waals surface area contributed by atoms with Crippen molar-refractivity contribution >= 4 is 11.6 Å². The zero-order valence-corrected chi connectivity index (χ0v) is 10.3. The zero-order valence-electron chi connectivity index (χ0n) is 9.54. The van der Waals surface area contributed by atoms with Crippen LogP contribution in [0.2, 0.25) is 0 Å². The first-order valence-electron chi connectivity index (χ1n) is 5.36. The third kappa shape index (κ3) is 2.10. The van der Waals surface area contributed by atoms with Gasteiger partial charge >= 0.3 is 5.69 Å². The van der Waals surface area contributed by atoms with E-state index in [0.29, 0.717) is 5.56 Å². The monoisotopic (exact) mass is 276 g/mol. The molecule has 0 bridgehead atoms. The maximum absolute atomic E-state index is 11.7. The molecule has 2 rings (SSSR count). The first-order chi connectivity index (χ1) is 8.45. The van der Waals surface area contributed by atoms with E-state index in [9.17, 15) is 14.7 Å². The van der Waals surface area contributed by atoms with E-state index in [2.05, 4.69) is 4.98 Å². The summed E-state index contributed by atoms with van der Waals surface area (Å²) in [6.07, 6.45) is -1.55. The van der Waals surface area contributed by atoms with E-state index in [1.807, 2.05) is 0 Å². The Morgan fingerprint density at radius 1 is 1.56 bits per heavy atom. The van der Waals surface area contributed by atoms with Crippen LogP contribution >= 0.6 is 11.6 Å². The molecule has 7 nitrogen and oxygen atoms in total. The van der Waals surface area contributed by atoms with Crippen LogP contribution in [0.4, 0.5) is 0 Å². The number of hydrogen-bond donors (Lipinski definition) is 3. The molecule has 0 saturated carbocycles. The van der Waals surface area contributed by atoms with Gasteiger partial charge in [0.15, 0.2) is 6.23 Å². The fraction of sp³-hybridized carbons (Fsp3) is 0.600. The summed E-state index contributed by atoms with van der Waals surface area (Å²) in [5.74, 6) is 0. The van der Waals surface area contributed by atoms with Gasteiger partial charge < -0.3 is 14.9 Å². The summed E-state index contributed by atoms with van der Waals surface area (Å²) >= 11 is 5.96. The van der Waals surface area contributed by atoms with Crippen LogP contribution in [-0.4, -0.2) is 44.0 Å². The Labute approximate surface area is 107 Å². The minimum Gasteiger partial charge on any atom is -0.394 e. The molecule has 18 heavy (non-hydrogen) atoms. The molecule has 100 valence electrons. The summed E-state index contributed by atoms with van der Waals surface area (Å²) in [5.41, 5.74) is -0.837. The van der Waals surface area contributed by atoms with E-state index >= 15 is 0 Å². The number of alkyl halides is 1. The van der Waals surface area contributed by atoms with E-state index < -0.39 is 41.7 Å². The molecule has 0 unspecified atom stereocenters. The predicted molar refractivity (Wildman–Crippen MR) is 62.7 cm³/mol. The van der Waals surface area contributed by atoms with Crippen LogP contribution in [0.15, 0.2) is 15.8 Å². The minimum atomic E-state index is -1.08. The van der Waals surface area contributed by atoms with Crippen molar-refractivity contribution in [1.29, 1.82) is 0 Å². The highest BCUT2D eigenvalue weighted by Gasteiger charge is 2.43. The Morgan fingerprint density at radius 3 is 2.78 bits per heavy atom. The van der Waals surface area contributed by atoms with Gasteiger partial charge in [-0.15, -0.1) is 11.6 Å². The van der Waals surface area contributed by atoms with Crippen LogP contribution in [0.5, 0.6) is 0 Å². The SMILES string of the molecule is Cc1cn([C@H]2O[C@@H](CO)[C@H](O)[C@H]2Cl)c(=O)[nH]c1=O. The molecule has 0 radical (unpaired) electrons. The molecule has 0 aromatic carbocycles. The largest absolute Gasteiger partial charge is 0.394 e. The van der Waals surface area contributed by atoms with Gasteiger partial charge in [0.05, 0.1) is 6.61 Å². The Kier molecular flexibility index (Phi) is 3.58. The second kappa shape index (κ2) is 4.85. The summed E-state index contributed by atoms with van der Waals surface area (Å²) in [5, 5.41) is 17.8. The number of rotatable bonds is 2. The lowest BCUT2D eigenvalue weighted by atomic mass is 10.2. The minimum absolute atomic E-state index is 0.323. The number of ether oxygens (including phenoxy) is 1. The average Bonchev–Trinajstić information content (AvgIpc) is 2.61. The van der Waals surface area contributed by atoms with Crippen LogP contribution < -0.4 is 11.2 Å². The van der Waals surface area contributed by atoms with Crippen molar-refractivity contribution in [2.75, 3.05) is 6.61 Å². The number of aromatic amines is 1. The Balaban J connectivity index is 2.42. The highest BCUT2D eigenvalue weighted by atomic mass is 35.5. The summed E-state index contributed by atoms with van der Waals surface area (Å²) in [4.78, 5) is 25.0. The van der Waals surface area contributed by atoms with Gasteiger partial charge in [-0.25, -0.2) is 4.79 Å². The van der Waals surface area contributed by atoms with E-state index in [1.54, 1.807) is 0 Å². The van der Waals surface area contributed by atoms with Gasteiger partial charge in [0.25, 0.3) is 5.56 Å². The van der Waals surface area contributed by atoms with Gasteiger partial charge in [0.2, 0.25) is 0 Å².